The molecule has 1 unspecified atom stereocenters. The van der Waals surface area contributed by atoms with E-state index >= 15 is 0 Å². The molecule has 1 aromatic rings. The Hall–Kier alpha value is -0.810. The van der Waals surface area contributed by atoms with Gasteiger partial charge in [-0.15, -0.1) is 0 Å². The minimum Gasteiger partial charge on any atom is -0.392 e. The summed E-state index contributed by atoms with van der Waals surface area (Å²) in [6.07, 6.45) is 1.40. The van der Waals surface area contributed by atoms with Crippen molar-refractivity contribution >= 4 is 34.8 Å². The number of piperidine rings is 1. The van der Waals surface area contributed by atoms with E-state index in [0.717, 1.165) is 19.4 Å². The zero-order valence-electron chi connectivity index (χ0n) is 10.4. The molecule has 0 aliphatic carbocycles. The number of nitrogens with zero attached hydrogens (tertiary/aromatic N) is 1. The average Bonchev–Trinajstić information content (AvgIpc) is 2.34. The number of hydrogen-bond acceptors (Lipinski definition) is 3. The molecule has 1 atom stereocenters. The number of carbonyl (C=O) groups is 1. The number of nitrogens with one attached hydrogen (secondary N) is 1. The van der Waals surface area contributed by atoms with Crippen LogP contribution in [-0.4, -0.2) is 41.7 Å². The molecule has 1 heterocycles. The molecule has 0 spiro atoms. The summed E-state index contributed by atoms with van der Waals surface area (Å²) in [6.45, 7) is 1.66. The maximum atomic E-state index is 11.9. The quantitative estimate of drug-likeness (QED) is 0.901. The minimum absolute atomic E-state index is 0.118. The van der Waals surface area contributed by atoms with Crippen LogP contribution in [-0.2, 0) is 4.79 Å². The first kappa shape index (κ1) is 14.6. The monoisotopic (exact) mass is 302 g/mol. The molecule has 4 nitrogen and oxygen atoms in total. The van der Waals surface area contributed by atoms with E-state index in [1.807, 2.05) is 4.90 Å². The van der Waals surface area contributed by atoms with E-state index in [1.54, 1.807) is 18.2 Å². The van der Waals surface area contributed by atoms with E-state index < -0.39 is 0 Å². The molecule has 1 aromatic carbocycles. The lowest BCUT2D eigenvalue weighted by Crippen LogP contribution is -2.42. The van der Waals surface area contributed by atoms with Crippen molar-refractivity contribution in [1.82, 2.24) is 4.90 Å². The van der Waals surface area contributed by atoms with Crippen molar-refractivity contribution in [3.8, 4) is 0 Å². The van der Waals surface area contributed by atoms with Gasteiger partial charge in [0.2, 0.25) is 5.91 Å². The van der Waals surface area contributed by atoms with Crippen molar-refractivity contribution < 1.29 is 9.90 Å². The van der Waals surface area contributed by atoms with Gasteiger partial charge in [-0.1, -0.05) is 23.2 Å². The molecular weight excluding hydrogens is 287 g/mol. The molecule has 1 aliphatic heterocycles. The highest BCUT2D eigenvalue weighted by Gasteiger charge is 2.19. The third kappa shape index (κ3) is 4.35. The van der Waals surface area contributed by atoms with Gasteiger partial charge in [0.25, 0.3) is 0 Å². The van der Waals surface area contributed by atoms with Crippen LogP contribution in [0.5, 0.6) is 0 Å². The highest BCUT2D eigenvalue weighted by molar-refractivity contribution is 6.42. The number of aliphatic hydroxyl groups is 1. The fourth-order valence-electron chi connectivity index (χ4n) is 2.15. The first-order chi connectivity index (χ1) is 9.04. The SMILES string of the molecule is O=C(CN1CCCC(O)C1)Nc1ccc(Cl)c(Cl)c1. The molecule has 19 heavy (non-hydrogen) atoms. The number of benzene rings is 1. The highest BCUT2D eigenvalue weighted by atomic mass is 35.5. The number of β-amino-alcohol motifs (C(OH)–C–C–N with tert-alkyl or cyclic N) is 1. The van der Waals surface area contributed by atoms with Gasteiger partial charge >= 0.3 is 0 Å². The van der Waals surface area contributed by atoms with Crippen LogP contribution >= 0.6 is 23.2 Å². The van der Waals surface area contributed by atoms with Crippen molar-refractivity contribution in [1.29, 1.82) is 0 Å². The third-order valence-corrected chi connectivity index (χ3v) is 3.79. The molecule has 1 saturated heterocycles. The zero-order chi connectivity index (χ0) is 13.8. The first-order valence-corrected chi connectivity index (χ1v) is 6.95. The smallest absolute Gasteiger partial charge is 0.238 e. The summed E-state index contributed by atoms with van der Waals surface area (Å²) >= 11 is 11.7. The molecule has 0 radical (unpaired) electrons. The summed E-state index contributed by atoms with van der Waals surface area (Å²) in [5.41, 5.74) is 0.622. The van der Waals surface area contributed by atoms with Gasteiger partial charge in [-0.3, -0.25) is 9.69 Å². The summed E-state index contributed by atoms with van der Waals surface area (Å²) < 4.78 is 0. The Bertz CT molecular complexity index is 468. The molecule has 0 aromatic heterocycles. The Balaban J connectivity index is 1.88. The predicted molar refractivity (Wildman–Crippen MR) is 76.8 cm³/mol. The van der Waals surface area contributed by atoms with E-state index in [1.165, 1.54) is 0 Å². The largest absolute Gasteiger partial charge is 0.392 e. The molecule has 2 N–H and O–H groups in total. The maximum Gasteiger partial charge on any atom is 0.238 e. The predicted octanol–water partition coefficient (Wildman–Crippen LogP) is 2.39. The number of likely N-dealkylation sites (tertiary alicyclic amines) is 1. The number of hydrogen-bond donors (Lipinski definition) is 2. The second kappa shape index (κ2) is 6.57. The Morgan fingerprint density at radius 2 is 2.21 bits per heavy atom. The molecule has 0 saturated carbocycles. The molecule has 1 fully saturated rings. The standard InChI is InChI=1S/C13H16Cl2N2O2/c14-11-4-3-9(6-12(11)15)16-13(19)8-17-5-1-2-10(18)7-17/h3-4,6,10,18H,1-2,5,7-8H2,(H,16,19). The summed E-state index contributed by atoms with van der Waals surface area (Å²) in [5.74, 6) is -0.118. The van der Waals surface area contributed by atoms with Gasteiger partial charge in [0.05, 0.1) is 22.7 Å². The van der Waals surface area contributed by atoms with E-state index in [9.17, 15) is 9.90 Å². The van der Waals surface area contributed by atoms with Crippen molar-refractivity contribution in [3.05, 3.63) is 28.2 Å². The topological polar surface area (TPSA) is 52.6 Å². The highest BCUT2D eigenvalue weighted by Crippen LogP contribution is 2.25. The summed E-state index contributed by atoms with van der Waals surface area (Å²) in [7, 11) is 0. The van der Waals surface area contributed by atoms with Crippen LogP contribution in [0.2, 0.25) is 10.0 Å². The Labute approximate surface area is 122 Å². The third-order valence-electron chi connectivity index (χ3n) is 3.05. The molecule has 0 bridgehead atoms. The minimum atomic E-state index is -0.327. The lowest BCUT2D eigenvalue weighted by atomic mass is 10.1. The Morgan fingerprint density at radius 1 is 1.42 bits per heavy atom. The lowest BCUT2D eigenvalue weighted by molar-refractivity contribution is -0.118. The number of anilines is 1. The first-order valence-electron chi connectivity index (χ1n) is 6.20. The average molecular weight is 303 g/mol. The van der Waals surface area contributed by atoms with Gasteiger partial charge < -0.3 is 10.4 Å². The molecule has 104 valence electrons. The lowest BCUT2D eigenvalue weighted by Gasteiger charge is -2.29. The van der Waals surface area contributed by atoms with Crippen LogP contribution in [0.3, 0.4) is 0 Å². The summed E-state index contributed by atoms with van der Waals surface area (Å²) in [5, 5.41) is 13.2. The molecule has 1 aliphatic rings. The van der Waals surface area contributed by atoms with Crippen LogP contribution in [0.1, 0.15) is 12.8 Å². The molecule has 1 amide bonds. The second-order valence-electron chi connectivity index (χ2n) is 4.71. The molecule has 6 heteroatoms. The van der Waals surface area contributed by atoms with Gasteiger partial charge in [-0.05, 0) is 37.6 Å². The second-order valence-corrected chi connectivity index (χ2v) is 5.52. The fourth-order valence-corrected chi connectivity index (χ4v) is 2.45. The van der Waals surface area contributed by atoms with E-state index in [2.05, 4.69) is 5.32 Å². The Kier molecular flexibility index (Phi) is 5.05. The van der Waals surface area contributed by atoms with Crippen molar-refractivity contribution in [2.45, 2.75) is 18.9 Å². The number of amides is 1. The van der Waals surface area contributed by atoms with Crippen molar-refractivity contribution in [3.63, 3.8) is 0 Å². The number of rotatable bonds is 3. The Morgan fingerprint density at radius 3 is 2.89 bits per heavy atom. The number of halogens is 2. The van der Waals surface area contributed by atoms with E-state index in [0.29, 0.717) is 22.3 Å². The van der Waals surface area contributed by atoms with E-state index in [4.69, 9.17) is 23.2 Å². The summed E-state index contributed by atoms with van der Waals surface area (Å²) in [4.78, 5) is 13.8. The zero-order valence-corrected chi connectivity index (χ0v) is 11.9. The van der Waals surface area contributed by atoms with Gasteiger partial charge in [0.15, 0.2) is 0 Å². The molecule has 2 rings (SSSR count). The number of aliphatic hydroxyl groups excluding tert-OH is 1. The van der Waals surface area contributed by atoms with E-state index in [-0.39, 0.29) is 18.6 Å². The number of carbonyl (C=O) groups excluding carboxylic acids is 1. The normalized spacial score (nSPS) is 20.3. The van der Waals surface area contributed by atoms with Gasteiger partial charge in [0, 0.05) is 12.2 Å². The van der Waals surface area contributed by atoms with Crippen molar-refractivity contribution in [2.24, 2.45) is 0 Å². The van der Waals surface area contributed by atoms with Crippen LogP contribution < -0.4 is 5.32 Å². The fraction of sp³-hybridized carbons (Fsp3) is 0.462. The van der Waals surface area contributed by atoms with Crippen LogP contribution in [0.15, 0.2) is 18.2 Å². The van der Waals surface area contributed by atoms with Gasteiger partial charge in [-0.2, -0.15) is 0 Å². The molecular formula is C13H16Cl2N2O2. The van der Waals surface area contributed by atoms with Crippen molar-refractivity contribution in [2.75, 3.05) is 25.0 Å². The summed E-state index contributed by atoms with van der Waals surface area (Å²) in [6, 6.07) is 4.97. The van der Waals surface area contributed by atoms with Crippen LogP contribution in [0.4, 0.5) is 5.69 Å². The van der Waals surface area contributed by atoms with Crippen LogP contribution in [0, 0.1) is 0 Å². The van der Waals surface area contributed by atoms with Gasteiger partial charge in [0.1, 0.15) is 0 Å². The van der Waals surface area contributed by atoms with Gasteiger partial charge in [-0.25, -0.2) is 0 Å². The maximum absolute atomic E-state index is 11.9. The van der Waals surface area contributed by atoms with Crippen LogP contribution in [0.25, 0.3) is 0 Å².